The van der Waals surface area contributed by atoms with Gasteiger partial charge in [-0.25, -0.2) is 8.42 Å². The van der Waals surface area contributed by atoms with E-state index in [9.17, 15) is 8.42 Å². The molecule has 0 aliphatic carbocycles. The molecular weight excluding hydrogens is 267 g/mol. The molecule has 1 aromatic carbocycles. The third kappa shape index (κ3) is 2.12. The molecule has 0 aliphatic rings. The smallest absolute Gasteiger partial charge is 0.261 e. The summed E-state index contributed by atoms with van der Waals surface area (Å²) in [6, 6.07) is 3.71. The molecule has 6 heteroatoms. The van der Waals surface area contributed by atoms with Crippen LogP contribution in [0.4, 0.5) is 0 Å². The number of benzene rings is 1. The van der Waals surface area contributed by atoms with Gasteiger partial charge in [-0.15, -0.1) is 0 Å². The van der Waals surface area contributed by atoms with Crippen molar-refractivity contribution in [2.45, 2.75) is 4.90 Å². The van der Waals surface area contributed by atoms with E-state index in [1.54, 1.807) is 0 Å². The van der Waals surface area contributed by atoms with E-state index < -0.39 is 9.05 Å². The molecule has 0 fully saturated rings. The molecule has 1 N–H and O–H groups in total. The van der Waals surface area contributed by atoms with Crippen molar-refractivity contribution in [1.29, 1.82) is 0 Å². The van der Waals surface area contributed by atoms with E-state index in [0.717, 1.165) is 0 Å². The minimum atomic E-state index is -3.71. The Bertz CT molecular complexity index is 401. The average molecular weight is 272 g/mol. The lowest BCUT2D eigenvalue weighted by Crippen LogP contribution is -1.89. The van der Waals surface area contributed by atoms with Gasteiger partial charge < -0.3 is 5.11 Å². The minimum Gasteiger partial charge on any atom is -0.507 e. The van der Waals surface area contributed by atoms with Crippen molar-refractivity contribution >= 4 is 35.7 Å². The number of aromatic hydroxyl groups is 1. The van der Waals surface area contributed by atoms with Gasteiger partial charge in [-0.1, -0.05) is 0 Å². The summed E-state index contributed by atoms with van der Waals surface area (Å²) in [4.78, 5) is -0.0474. The maximum Gasteiger partial charge on any atom is 0.261 e. The summed E-state index contributed by atoms with van der Waals surface area (Å²) in [5.41, 5.74) is 0. The molecule has 3 nitrogen and oxygen atoms in total. The Kier molecular flexibility index (Phi) is 2.65. The molecule has 0 atom stereocenters. The first kappa shape index (κ1) is 9.83. The number of hydrogen-bond acceptors (Lipinski definition) is 3. The van der Waals surface area contributed by atoms with Crippen LogP contribution in [-0.2, 0) is 9.05 Å². The molecular formula is C6H4BrClO3S. The Morgan fingerprint density at radius 1 is 1.42 bits per heavy atom. The summed E-state index contributed by atoms with van der Waals surface area (Å²) >= 11 is 2.97. The zero-order valence-corrected chi connectivity index (χ0v) is 8.82. The minimum absolute atomic E-state index is 0.0286. The highest BCUT2D eigenvalue weighted by Gasteiger charge is 2.11. The van der Waals surface area contributed by atoms with Crippen molar-refractivity contribution in [3.63, 3.8) is 0 Å². The third-order valence-corrected chi connectivity index (χ3v) is 3.19. The van der Waals surface area contributed by atoms with E-state index in [4.69, 9.17) is 15.8 Å². The lowest BCUT2D eigenvalue weighted by atomic mass is 10.3. The molecule has 0 saturated carbocycles. The van der Waals surface area contributed by atoms with E-state index in [1.165, 1.54) is 18.2 Å². The zero-order chi connectivity index (χ0) is 9.35. The molecule has 0 unspecified atom stereocenters. The van der Waals surface area contributed by atoms with Crippen LogP contribution in [0.15, 0.2) is 27.6 Å². The molecule has 0 bridgehead atoms. The van der Waals surface area contributed by atoms with E-state index in [2.05, 4.69) is 15.9 Å². The van der Waals surface area contributed by atoms with Crippen LogP contribution < -0.4 is 0 Å². The summed E-state index contributed by atoms with van der Waals surface area (Å²) in [5, 5.41) is 9.02. The first-order valence-electron chi connectivity index (χ1n) is 2.84. The lowest BCUT2D eigenvalue weighted by Gasteiger charge is -1.98. The number of phenols is 1. The van der Waals surface area contributed by atoms with Crippen LogP contribution >= 0.6 is 26.6 Å². The van der Waals surface area contributed by atoms with E-state index in [0.29, 0.717) is 4.47 Å². The molecule has 0 spiro atoms. The van der Waals surface area contributed by atoms with Gasteiger partial charge in [0, 0.05) is 10.7 Å². The number of rotatable bonds is 1. The molecule has 12 heavy (non-hydrogen) atoms. The molecule has 66 valence electrons. The highest BCUT2D eigenvalue weighted by molar-refractivity contribution is 9.10. The Morgan fingerprint density at radius 2 is 2.00 bits per heavy atom. The van der Waals surface area contributed by atoms with Gasteiger partial charge in [0.15, 0.2) is 0 Å². The Morgan fingerprint density at radius 3 is 2.42 bits per heavy atom. The second-order valence-corrected chi connectivity index (χ2v) is 5.47. The van der Waals surface area contributed by atoms with Crippen molar-refractivity contribution in [3.8, 4) is 5.75 Å². The van der Waals surface area contributed by atoms with Crippen molar-refractivity contribution < 1.29 is 13.5 Å². The standard InChI is InChI=1S/C6H4BrClO3S/c7-5-3-4(12(8,10)11)1-2-6(5)9/h1-3,9H. The second kappa shape index (κ2) is 3.24. The van der Waals surface area contributed by atoms with Crippen LogP contribution in [0.1, 0.15) is 0 Å². The van der Waals surface area contributed by atoms with Crippen LogP contribution in [0.2, 0.25) is 0 Å². The molecule has 0 aromatic heterocycles. The fourth-order valence-corrected chi connectivity index (χ4v) is 1.95. The molecule has 0 amide bonds. The first-order valence-corrected chi connectivity index (χ1v) is 5.94. The van der Waals surface area contributed by atoms with Crippen LogP contribution in [0, 0.1) is 0 Å². The van der Waals surface area contributed by atoms with E-state index >= 15 is 0 Å². The van der Waals surface area contributed by atoms with Crippen LogP contribution in [-0.4, -0.2) is 13.5 Å². The van der Waals surface area contributed by atoms with Crippen LogP contribution in [0.25, 0.3) is 0 Å². The lowest BCUT2D eigenvalue weighted by molar-refractivity contribution is 0.471. The molecule has 0 radical (unpaired) electrons. The van der Waals surface area contributed by atoms with Crippen molar-refractivity contribution in [2.75, 3.05) is 0 Å². The first-order chi connectivity index (χ1) is 5.41. The maximum absolute atomic E-state index is 10.8. The maximum atomic E-state index is 10.8. The summed E-state index contributed by atoms with van der Waals surface area (Å²) in [7, 11) is 1.34. The van der Waals surface area contributed by atoms with Gasteiger partial charge in [-0.05, 0) is 34.1 Å². The van der Waals surface area contributed by atoms with Gasteiger partial charge in [0.05, 0.1) is 9.37 Å². The summed E-state index contributed by atoms with van der Waals surface area (Å²) in [5.74, 6) is -0.0286. The molecule has 1 aromatic rings. The summed E-state index contributed by atoms with van der Waals surface area (Å²) in [6.45, 7) is 0. The second-order valence-electron chi connectivity index (χ2n) is 2.05. The quantitative estimate of drug-likeness (QED) is 0.796. The normalized spacial score (nSPS) is 11.5. The van der Waals surface area contributed by atoms with Crippen molar-refractivity contribution in [2.24, 2.45) is 0 Å². The van der Waals surface area contributed by atoms with Crippen molar-refractivity contribution in [1.82, 2.24) is 0 Å². The van der Waals surface area contributed by atoms with Gasteiger partial charge in [-0.2, -0.15) is 0 Å². The molecule has 0 saturated heterocycles. The average Bonchev–Trinajstić information content (AvgIpc) is 1.92. The van der Waals surface area contributed by atoms with E-state index in [-0.39, 0.29) is 10.6 Å². The highest BCUT2D eigenvalue weighted by Crippen LogP contribution is 2.27. The van der Waals surface area contributed by atoms with Gasteiger partial charge in [0.2, 0.25) is 0 Å². The summed E-state index contributed by atoms with van der Waals surface area (Å²) in [6.07, 6.45) is 0. The van der Waals surface area contributed by atoms with Gasteiger partial charge in [0.25, 0.3) is 9.05 Å². The van der Waals surface area contributed by atoms with Crippen LogP contribution in [0.5, 0.6) is 5.75 Å². The Balaban J connectivity index is 3.33. The van der Waals surface area contributed by atoms with Gasteiger partial charge in [-0.3, -0.25) is 0 Å². The SMILES string of the molecule is O=S(=O)(Cl)c1ccc(O)c(Br)c1. The van der Waals surface area contributed by atoms with Gasteiger partial charge >= 0.3 is 0 Å². The number of hydrogen-bond donors (Lipinski definition) is 1. The molecule has 1 rings (SSSR count). The van der Waals surface area contributed by atoms with Crippen LogP contribution in [0.3, 0.4) is 0 Å². The predicted octanol–water partition coefficient (Wildman–Crippen LogP) is 2.08. The third-order valence-electron chi connectivity index (χ3n) is 1.20. The van der Waals surface area contributed by atoms with E-state index in [1.807, 2.05) is 0 Å². The fraction of sp³-hybridized carbons (Fsp3) is 0. The Labute approximate surface area is 82.5 Å². The highest BCUT2D eigenvalue weighted by atomic mass is 79.9. The topological polar surface area (TPSA) is 54.4 Å². The fourth-order valence-electron chi connectivity index (χ4n) is 0.639. The predicted molar refractivity (Wildman–Crippen MR) is 48.8 cm³/mol. The van der Waals surface area contributed by atoms with Crippen molar-refractivity contribution in [3.05, 3.63) is 22.7 Å². The Hall–Kier alpha value is -0.260. The largest absolute Gasteiger partial charge is 0.507 e. The molecule has 0 heterocycles. The molecule has 0 aliphatic heterocycles. The zero-order valence-electron chi connectivity index (χ0n) is 5.66. The number of phenolic OH excluding ortho intramolecular Hbond substituents is 1. The summed E-state index contributed by atoms with van der Waals surface area (Å²) < 4.78 is 21.8. The monoisotopic (exact) mass is 270 g/mol. The number of halogens is 2. The van der Waals surface area contributed by atoms with Gasteiger partial charge in [0.1, 0.15) is 5.75 Å².